The van der Waals surface area contributed by atoms with E-state index in [0.29, 0.717) is 0 Å². The van der Waals surface area contributed by atoms with Crippen LogP contribution in [0.3, 0.4) is 0 Å². The largest absolute Gasteiger partial charge is 0.397 e. The van der Waals surface area contributed by atoms with Gasteiger partial charge in [-0.3, -0.25) is 0 Å². The second-order valence-electron chi connectivity index (χ2n) is 3.86. The second-order valence-corrected chi connectivity index (χ2v) is 3.86. The minimum absolute atomic E-state index is 0.255. The number of hydrogen-bond acceptors (Lipinski definition) is 2. The number of nitrogens with two attached hydrogens (primary N) is 1. The van der Waals surface area contributed by atoms with Crippen molar-refractivity contribution in [3.63, 3.8) is 0 Å². The van der Waals surface area contributed by atoms with Crippen LogP contribution in [0.25, 0.3) is 0 Å². The van der Waals surface area contributed by atoms with E-state index in [9.17, 15) is 0 Å². The predicted molar refractivity (Wildman–Crippen MR) is 69.3 cm³/mol. The Morgan fingerprint density at radius 2 is 1.56 bits per heavy atom. The molecule has 1 unspecified atom stereocenters. The molecule has 0 saturated carbocycles. The third-order valence-electron chi connectivity index (χ3n) is 2.63. The first-order chi connectivity index (χ1) is 7.77. The van der Waals surface area contributed by atoms with E-state index >= 15 is 0 Å². The van der Waals surface area contributed by atoms with Gasteiger partial charge in [0.2, 0.25) is 0 Å². The summed E-state index contributed by atoms with van der Waals surface area (Å²) in [6, 6.07) is 18.4. The molecule has 0 fully saturated rings. The normalized spacial score (nSPS) is 12.1. The van der Waals surface area contributed by atoms with Gasteiger partial charge >= 0.3 is 0 Å². The average Bonchev–Trinajstić information content (AvgIpc) is 2.33. The van der Waals surface area contributed by atoms with Gasteiger partial charge in [-0.25, -0.2) is 0 Å². The molecule has 2 aromatic rings. The molecule has 16 heavy (non-hydrogen) atoms. The molecule has 0 heterocycles. The van der Waals surface area contributed by atoms with Crippen LogP contribution in [0, 0.1) is 0 Å². The molecule has 2 heteroatoms. The third kappa shape index (κ3) is 2.34. The highest BCUT2D eigenvalue weighted by Gasteiger charge is 2.05. The highest BCUT2D eigenvalue weighted by molar-refractivity contribution is 5.66. The number of rotatable bonds is 3. The van der Waals surface area contributed by atoms with Gasteiger partial charge in [-0.2, -0.15) is 0 Å². The molecule has 2 aromatic carbocycles. The van der Waals surface area contributed by atoms with Crippen LogP contribution < -0.4 is 11.1 Å². The topological polar surface area (TPSA) is 38.0 Å². The van der Waals surface area contributed by atoms with E-state index < -0.39 is 0 Å². The van der Waals surface area contributed by atoms with E-state index in [1.165, 1.54) is 5.56 Å². The molecular weight excluding hydrogens is 196 g/mol. The lowest BCUT2D eigenvalue weighted by atomic mass is 10.1. The van der Waals surface area contributed by atoms with Crippen molar-refractivity contribution in [3.05, 3.63) is 60.2 Å². The summed E-state index contributed by atoms with van der Waals surface area (Å²) in [5.74, 6) is 0. The summed E-state index contributed by atoms with van der Waals surface area (Å²) in [6.45, 7) is 2.13. The second kappa shape index (κ2) is 4.71. The first-order valence-corrected chi connectivity index (χ1v) is 5.43. The van der Waals surface area contributed by atoms with Crippen LogP contribution in [0.2, 0.25) is 0 Å². The highest BCUT2D eigenvalue weighted by atomic mass is 14.9. The van der Waals surface area contributed by atoms with Gasteiger partial charge in [-0.05, 0) is 24.6 Å². The molecule has 0 aromatic heterocycles. The zero-order valence-electron chi connectivity index (χ0n) is 9.35. The number of anilines is 2. The van der Waals surface area contributed by atoms with E-state index in [-0.39, 0.29) is 6.04 Å². The van der Waals surface area contributed by atoms with Crippen molar-refractivity contribution in [1.29, 1.82) is 0 Å². The van der Waals surface area contributed by atoms with Crippen molar-refractivity contribution in [2.45, 2.75) is 13.0 Å². The van der Waals surface area contributed by atoms with Crippen LogP contribution in [0.5, 0.6) is 0 Å². The predicted octanol–water partition coefficient (Wildman–Crippen LogP) is 3.44. The molecule has 82 valence electrons. The van der Waals surface area contributed by atoms with Crippen molar-refractivity contribution in [3.8, 4) is 0 Å². The lowest BCUT2D eigenvalue weighted by Crippen LogP contribution is -2.07. The van der Waals surface area contributed by atoms with Gasteiger partial charge in [0.05, 0.1) is 11.4 Å². The van der Waals surface area contributed by atoms with E-state index in [2.05, 4.69) is 24.4 Å². The summed E-state index contributed by atoms with van der Waals surface area (Å²) in [7, 11) is 0. The summed E-state index contributed by atoms with van der Waals surface area (Å²) in [6.07, 6.45) is 0. The Morgan fingerprint density at radius 1 is 0.938 bits per heavy atom. The van der Waals surface area contributed by atoms with Crippen LogP contribution in [0.1, 0.15) is 18.5 Å². The van der Waals surface area contributed by atoms with Crippen LogP contribution >= 0.6 is 0 Å². The van der Waals surface area contributed by atoms with Crippen molar-refractivity contribution >= 4 is 11.4 Å². The zero-order valence-corrected chi connectivity index (χ0v) is 9.35. The summed E-state index contributed by atoms with van der Waals surface area (Å²) < 4.78 is 0. The fraction of sp³-hybridized carbons (Fsp3) is 0.143. The maximum absolute atomic E-state index is 5.88. The Balaban J connectivity index is 2.14. The third-order valence-corrected chi connectivity index (χ3v) is 2.63. The van der Waals surface area contributed by atoms with Gasteiger partial charge in [-0.15, -0.1) is 0 Å². The Morgan fingerprint density at radius 3 is 2.25 bits per heavy atom. The van der Waals surface area contributed by atoms with E-state index in [1.807, 2.05) is 42.5 Å². The van der Waals surface area contributed by atoms with Gasteiger partial charge in [0, 0.05) is 6.04 Å². The van der Waals surface area contributed by atoms with Gasteiger partial charge in [0.25, 0.3) is 0 Å². The highest BCUT2D eigenvalue weighted by Crippen LogP contribution is 2.23. The van der Waals surface area contributed by atoms with Gasteiger partial charge in [0.1, 0.15) is 0 Å². The van der Waals surface area contributed by atoms with Crippen molar-refractivity contribution < 1.29 is 0 Å². The van der Waals surface area contributed by atoms with Gasteiger partial charge < -0.3 is 11.1 Å². The SMILES string of the molecule is CC(Nc1ccccc1N)c1ccccc1. The first-order valence-electron chi connectivity index (χ1n) is 5.43. The van der Waals surface area contributed by atoms with Crippen molar-refractivity contribution in [2.24, 2.45) is 0 Å². The molecule has 0 saturated heterocycles. The van der Waals surface area contributed by atoms with E-state index in [0.717, 1.165) is 11.4 Å². The molecule has 2 nitrogen and oxygen atoms in total. The van der Waals surface area contributed by atoms with Gasteiger partial charge in [-0.1, -0.05) is 42.5 Å². The summed E-state index contributed by atoms with van der Waals surface area (Å²) in [5, 5.41) is 3.40. The number of benzene rings is 2. The number of para-hydroxylation sites is 2. The Kier molecular flexibility index (Phi) is 3.10. The van der Waals surface area contributed by atoms with E-state index in [1.54, 1.807) is 0 Å². The summed E-state index contributed by atoms with van der Waals surface area (Å²) in [4.78, 5) is 0. The molecule has 1 atom stereocenters. The molecule has 2 rings (SSSR count). The molecule has 0 aliphatic heterocycles. The smallest absolute Gasteiger partial charge is 0.0578 e. The van der Waals surface area contributed by atoms with Crippen LogP contribution in [-0.2, 0) is 0 Å². The zero-order chi connectivity index (χ0) is 11.4. The number of hydrogen-bond donors (Lipinski definition) is 2. The number of nitrogens with one attached hydrogen (secondary N) is 1. The minimum atomic E-state index is 0.255. The molecular formula is C14H16N2. The fourth-order valence-corrected chi connectivity index (χ4v) is 1.69. The lowest BCUT2D eigenvalue weighted by Gasteiger charge is -2.16. The molecule has 3 N–H and O–H groups in total. The molecule has 0 amide bonds. The summed E-state index contributed by atoms with van der Waals surface area (Å²) >= 11 is 0. The van der Waals surface area contributed by atoms with Crippen LogP contribution in [0.4, 0.5) is 11.4 Å². The molecule has 0 aliphatic carbocycles. The van der Waals surface area contributed by atoms with Crippen LogP contribution in [0.15, 0.2) is 54.6 Å². The maximum Gasteiger partial charge on any atom is 0.0578 e. The molecule has 0 aliphatic rings. The van der Waals surface area contributed by atoms with Crippen molar-refractivity contribution in [2.75, 3.05) is 11.1 Å². The molecule has 0 radical (unpaired) electrons. The van der Waals surface area contributed by atoms with Crippen molar-refractivity contribution in [1.82, 2.24) is 0 Å². The fourth-order valence-electron chi connectivity index (χ4n) is 1.69. The Hall–Kier alpha value is -1.96. The van der Waals surface area contributed by atoms with Gasteiger partial charge in [0.15, 0.2) is 0 Å². The molecule has 0 bridgehead atoms. The summed E-state index contributed by atoms with van der Waals surface area (Å²) in [5.41, 5.74) is 8.91. The monoisotopic (exact) mass is 212 g/mol. The Bertz CT molecular complexity index is 451. The standard InChI is InChI=1S/C14H16N2/c1-11(12-7-3-2-4-8-12)16-14-10-6-5-9-13(14)15/h2-11,16H,15H2,1H3. The van der Waals surface area contributed by atoms with E-state index in [4.69, 9.17) is 5.73 Å². The lowest BCUT2D eigenvalue weighted by molar-refractivity contribution is 0.885. The average molecular weight is 212 g/mol. The quantitative estimate of drug-likeness (QED) is 0.765. The first kappa shape index (κ1) is 10.6. The Labute approximate surface area is 96.1 Å². The van der Waals surface area contributed by atoms with Crippen LogP contribution in [-0.4, -0.2) is 0 Å². The molecule has 0 spiro atoms. The maximum atomic E-state index is 5.88. The minimum Gasteiger partial charge on any atom is -0.397 e. The number of nitrogen functional groups attached to an aromatic ring is 1.